The van der Waals surface area contributed by atoms with E-state index in [-0.39, 0.29) is 18.2 Å². The number of rotatable bonds is 13. The molecule has 52 heavy (non-hydrogen) atoms. The maximum absolute atomic E-state index is 13.9. The van der Waals surface area contributed by atoms with Crippen molar-refractivity contribution in [3.8, 4) is 23.0 Å². The lowest BCUT2D eigenvalue weighted by Gasteiger charge is -2.21. The molecule has 2 heterocycles. The molecule has 0 radical (unpaired) electrons. The van der Waals surface area contributed by atoms with Crippen LogP contribution in [0.3, 0.4) is 0 Å². The SMILES string of the molecule is COc1ccc(C2OC(=O)C(c3ccc4c(c3)NSN4CCc3cccc4ccccc34)=C2Cc2cc(OC)c(OC(C)C)c(OC(C)C)c2)cc1. The summed E-state index contributed by atoms with van der Waals surface area (Å²) in [5.41, 5.74) is 7.32. The summed E-state index contributed by atoms with van der Waals surface area (Å²) < 4.78 is 35.6. The number of fused-ring (bicyclic) bond motifs is 2. The van der Waals surface area contributed by atoms with Gasteiger partial charge >= 0.3 is 5.97 Å². The summed E-state index contributed by atoms with van der Waals surface area (Å²) in [6.07, 6.45) is 0.560. The number of nitrogens with one attached hydrogen (secondary N) is 1. The monoisotopic (exact) mass is 716 g/mol. The third kappa shape index (κ3) is 7.23. The Morgan fingerprint density at radius 1 is 0.827 bits per heavy atom. The largest absolute Gasteiger partial charge is 0.497 e. The van der Waals surface area contributed by atoms with Crippen molar-refractivity contribution >= 4 is 45.8 Å². The molecule has 0 saturated heterocycles. The van der Waals surface area contributed by atoms with Gasteiger partial charge in [0, 0.05) is 6.54 Å². The first kappa shape index (κ1) is 35.1. The maximum atomic E-state index is 13.9. The van der Waals surface area contributed by atoms with Crippen LogP contribution >= 0.6 is 12.1 Å². The zero-order valence-corrected chi connectivity index (χ0v) is 31.2. The Morgan fingerprint density at radius 3 is 2.33 bits per heavy atom. The Morgan fingerprint density at radius 2 is 1.58 bits per heavy atom. The quantitative estimate of drug-likeness (QED) is 0.0947. The molecule has 0 bridgehead atoms. The van der Waals surface area contributed by atoms with Crippen LogP contribution in [0.25, 0.3) is 16.3 Å². The van der Waals surface area contributed by atoms with Gasteiger partial charge in [-0.2, -0.15) is 0 Å². The van der Waals surface area contributed by atoms with Gasteiger partial charge in [-0.1, -0.05) is 60.7 Å². The second-order valence-electron chi connectivity index (χ2n) is 13.5. The summed E-state index contributed by atoms with van der Waals surface area (Å²) in [4.78, 5) is 13.9. The first-order chi connectivity index (χ1) is 25.2. The van der Waals surface area contributed by atoms with Crippen molar-refractivity contribution in [3.63, 3.8) is 0 Å². The van der Waals surface area contributed by atoms with Gasteiger partial charge in [0.25, 0.3) is 0 Å². The van der Waals surface area contributed by atoms with Gasteiger partial charge in [-0.3, -0.25) is 4.31 Å². The van der Waals surface area contributed by atoms with E-state index in [1.165, 1.54) is 16.3 Å². The molecule has 0 aliphatic carbocycles. The summed E-state index contributed by atoms with van der Waals surface area (Å²) in [5, 5.41) is 2.53. The van der Waals surface area contributed by atoms with Crippen LogP contribution in [0.15, 0.2) is 103 Å². The fourth-order valence-electron chi connectivity index (χ4n) is 6.87. The number of hydrogen-bond acceptors (Lipinski definition) is 9. The van der Waals surface area contributed by atoms with Gasteiger partial charge in [-0.25, -0.2) is 4.79 Å². The second kappa shape index (κ2) is 15.1. The van der Waals surface area contributed by atoms with Gasteiger partial charge in [-0.05, 0) is 116 Å². The average molecular weight is 717 g/mol. The molecular weight excluding hydrogens is 673 g/mol. The van der Waals surface area contributed by atoms with E-state index >= 15 is 0 Å². The Kier molecular flexibility index (Phi) is 10.2. The molecule has 0 saturated carbocycles. The number of cyclic esters (lactones) is 1. The summed E-state index contributed by atoms with van der Waals surface area (Å²) in [5.74, 6) is 2.08. The lowest BCUT2D eigenvalue weighted by Crippen LogP contribution is -2.15. The highest BCUT2D eigenvalue weighted by molar-refractivity contribution is 8.02. The molecule has 1 N–H and O–H groups in total. The molecule has 268 valence electrons. The van der Waals surface area contributed by atoms with Gasteiger partial charge in [0.1, 0.15) is 11.9 Å². The molecule has 0 aromatic heterocycles. The highest BCUT2D eigenvalue weighted by atomic mass is 32.2. The third-order valence-electron chi connectivity index (χ3n) is 9.18. The minimum Gasteiger partial charge on any atom is -0.497 e. The van der Waals surface area contributed by atoms with Crippen molar-refractivity contribution in [2.75, 3.05) is 29.8 Å². The van der Waals surface area contributed by atoms with Crippen molar-refractivity contribution in [3.05, 3.63) is 125 Å². The highest BCUT2D eigenvalue weighted by Gasteiger charge is 2.37. The highest BCUT2D eigenvalue weighted by Crippen LogP contribution is 2.47. The van der Waals surface area contributed by atoms with Crippen LogP contribution in [0.5, 0.6) is 23.0 Å². The molecule has 0 fully saturated rings. The van der Waals surface area contributed by atoms with Gasteiger partial charge in [-0.15, -0.1) is 0 Å². The molecule has 5 aromatic carbocycles. The minimum atomic E-state index is -0.590. The first-order valence-electron chi connectivity index (χ1n) is 17.7. The van der Waals surface area contributed by atoms with Crippen LogP contribution in [0.1, 0.15) is 56.1 Å². The lowest BCUT2D eigenvalue weighted by molar-refractivity contribution is -0.138. The number of carbonyl (C=O) groups excluding carboxylic acids is 1. The molecular formula is C43H44N2O6S. The number of hydrogen-bond donors (Lipinski definition) is 1. The van der Waals surface area contributed by atoms with Crippen LogP contribution in [0.2, 0.25) is 0 Å². The molecule has 7 rings (SSSR count). The Bertz CT molecular complexity index is 2120. The Hall–Kier alpha value is -5.28. The van der Waals surface area contributed by atoms with E-state index in [4.69, 9.17) is 23.7 Å². The van der Waals surface area contributed by atoms with E-state index in [1.807, 2.05) is 70.2 Å². The fraction of sp³-hybridized carbons (Fsp3) is 0.279. The molecule has 8 nitrogen and oxygen atoms in total. The van der Waals surface area contributed by atoms with E-state index in [9.17, 15) is 4.79 Å². The van der Waals surface area contributed by atoms with Gasteiger partial charge < -0.3 is 28.4 Å². The number of ether oxygens (including phenoxy) is 5. The topological polar surface area (TPSA) is 78.5 Å². The Labute approximate surface area is 309 Å². The molecule has 9 heteroatoms. The van der Waals surface area contributed by atoms with Crippen molar-refractivity contribution in [1.82, 2.24) is 0 Å². The van der Waals surface area contributed by atoms with E-state index < -0.39 is 6.10 Å². The van der Waals surface area contributed by atoms with Crippen molar-refractivity contribution in [2.24, 2.45) is 0 Å². The standard InChI is InChI=1S/C43H44N2O6S/c1-26(2)49-39-24-28(23-38(48-6)42(39)50-27(3)4)22-35-40(43(46)51-41(35)31-14-17-33(47-5)18-15-31)32-16-19-37-36(25-32)44-52-45(37)21-20-30-12-9-11-29-10-7-8-13-34(29)30/h7-19,23-27,41,44H,20-22H2,1-6H3. The smallest absolute Gasteiger partial charge is 0.339 e. The van der Waals surface area contributed by atoms with E-state index in [1.54, 1.807) is 26.4 Å². The molecule has 5 aromatic rings. The van der Waals surface area contributed by atoms with Gasteiger partial charge in [0.05, 0.1) is 55.5 Å². The summed E-state index contributed by atoms with van der Waals surface area (Å²) in [6, 6.07) is 32.8. The molecule has 1 unspecified atom stereocenters. The molecule has 2 aliphatic heterocycles. The zero-order chi connectivity index (χ0) is 36.4. The maximum Gasteiger partial charge on any atom is 0.339 e. The summed E-state index contributed by atoms with van der Waals surface area (Å²) in [6.45, 7) is 8.73. The summed E-state index contributed by atoms with van der Waals surface area (Å²) in [7, 11) is 3.26. The number of methoxy groups -OCH3 is 2. The van der Waals surface area contributed by atoms with Crippen molar-refractivity contribution in [2.45, 2.75) is 58.8 Å². The second-order valence-corrected chi connectivity index (χ2v) is 14.3. The minimum absolute atomic E-state index is 0.0791. The number of carbonyl (C=O) groups is 1. The lowest BCUT2D eigenvalue weighted by atomic mass is 9.90. The van der Waals surface area contributed by atoms with Crippen LogP contribution < -0.4 is 28.0 Å². The number of esters is 1. The first-order valence-corrected chi connectivity index (χ1v) is 18.4. The molecule has 1 atom stereocenters. The van der Waals surface area contributed by atoms with E-state index in [2.05, 4.69) is 63.6 Å². The molecule has 0 spiro atoms. The van der Waals surface area contributed by atoms with Gasteiger partial charge in [0.15, 0.2) is 11.5 Å². The number of nitrogens with zero attached hydrogens (tertiary/aromatic N) is 1. The van der Waals surface area contributed by atoms with Crippen molar-refractivity contribution in [1.29, 1.82) is 0 Å². The normalized spacial score (nSPS) is 15.3. The molecule has 0 amide bonds. The van der Waals surface area contributed by atoms with Gasteiger partial charge in [0.2, 0.25) is 5.75 Å². The number of benzene rings is 5. The van der Waals surface area contributed by atoms with E-state index in [0.717, 1.165) is 52.4 Å². The molecule has 2 aliphatic rings. The predicted molar refractivity (Wildman–Crippen MR) is 210 cm³/mol. The van der Waals surface area contributed by atoms with Crippen LogP contribution in [-0.2, 0) is 22.4 Å². The predicted octanol–water partition coefficient (Wildman–Crippen LogP) is 9.76. The van der Waals surface area contributed by atoms with Crippen LogP contribution in [-0.4, -0.2) is 38.9 Å². The fourth-order valence-corrected chi connectivity index (χ4v) is 7.68. The average Bonchev–Trinajstić information content (AvgIpc) is 3.70. The van der Waals surface area contributed by atoms with Crippen molar-refractivity contribution < 1.29 is 28.5 Å². The number of anilines is 2. The van der Waals surface area contributed by atoms with E-state index in [0.29, 0.717) is 29.2 Å². The third-order valence-corrected chi connectivity index (χ3v) is 10.1. The van der Waals surface area contributed by atoms with Crippen LogP contribution in [0, 0.1) is 0 Å². The summed E-state index contributed by atoms with van der Waals surface area (Å²) >= 11 is 1.57. The Balaban J connectivity index is 1.25. The van der Waals surface area contributed by atoms with Crippen LogP contribution in [0.4, 0.5) is 11.4 Å². The zero-order valence-electron chi connectivity index (χ0n) is 30.4.